The maximum absolute atomic E-state index is 12.0. The summed E-state index contributed by atoms with van der Waals surface area (Å²) in [6.07, 6.45) is 0.877. The number of hydrogen-bond acceptors (Lipinski definition) is 6. The monoisotopic (exact) mass is 319 g/mol. The van der Waals surface area contributed by atoms with Gasteiger partial charge in [-0.3, -0.25) is 4.79 Å². The molecule has 7 heteroatoms. The predicted molar refractivity (Wildman–Crippen MR) is 88.8 cm³/mol. The van der Waals surface area contributed by atoms with E-state index in [0.29, 0.717) is 6.54 Å². The summed E-state index contributed by atoms with van der Waals surface area (Å²) in [5.41, 5.74) is 0.956. The summed E-state index contributed by atoms with van der Waals surface area (Å²) in [4.78, 5) is 25.7. The average Bonchev–Trinajstić information content (AvgIpc) is 3.05. The Morgan fingerprint density at radius 3 is 2.83 bits per heavy atom. The molecule has 1 aromatic heterocycles. The van der Waals surface area contributed by atoms with Gasteiger partial charge in [0.2, 0.25) is 11.9 Å². The van der Waals surface area contributed by atoms with Crippen LogP contribution < -0.4 is 15.1 Å². The van der Waals surface area contributed by atoms with Crippen LogP contribution in [0, 0.1) is 12.8 Å². The van der Waals surface area contributed by atoms with E-state index in [9.17, 15) is 4.79 Å². The highest BCUT2D eigenvalue weighted by Crippen LogP contribution is 2.25. The van der Waals surface area contributed by atoms with E-state index in [-0.39, 0.29) is 11.8 Å². The van der Waals surface area contributed by atoms with E-state index in [0.717, 1.165) is 63.3 Å². The van der Waals surface area contributed by atoms with Crippen LogP contribution in [0.5, 0.6) is 0 Å². The minimum atomic E-state index is 0.0528. The Balaban J connectivity index is 1.73. The average molecular weight is 319 g/mol. The Morgan fingerprint density at radius 1 is 1.30 bits per heavy atom. The molecule has 2 fully saturated rings. The number of hydrogen-bond donors (Lipinski definition) is 1. The van der Waals surface area contributed by atoms with Gasteiger partial charge in [0.05, 0.1) is 19.1 Å². The second kappa shape index (κ2) is 7.12. The highest BCUT2D eigenvalue weighted by atomic mass is 16.5. The fourth-order valence-electron chi connectivity index (χ4n) is 3.10. The van der Waals surface area contributed by atoms with E-state index in [1.807, 2.05) is 19.9 Å². The van der Waals surface area contributed by atoms with Gasteiger partial charge in [0, 0.05) is 44.5 Å². The number of ether oxygens (including phenoxy) is 1. The first-order valence-electron chi connectivity index (χ1n) is 8.38. The Morgan fingerprint density at radius 2 is 2.09 bits per heavy atom. The van der Waals surface area contributed by atoms with Gasteiger partial charge in [-0.15, -0.1) is 0 Å². The lowest BCUT2D eigenvalue weighted by Crippen LogP contribution is -2.38. The molecule has 3 rings (SSSR count). The Bertz CT molecular complexity index is 559. The van der Waals surface area contributed by atoms with Gasteiger partial charge in [-0.05, 0) is 20.3 Å². The van der Waals surface area contributed by atoms with Gasteiger partial charge in [-0.25, -0.2) is 4.98 Å². The standard InChI is InChI=1S/C16H25N5O2/c1-3-17-15(22)13-4-5-21(11-13)14-10-12(2)18-16(19-14)20-6-8-23-9-7-20/h10,13H,3-9,11H2,1-2H3,(H,17,22)/t13-/m0/s1. The Hall–Kier alpha value is -1.89. The van der Waals surface area contributed by atoms with Gasteiger partial charge in [0.25, 0.3) is 0 Å². The molecule has 1 aromatic rings. The van der Waals surface area contributed by atoms with Crippen LogP contribution in [0.25, 0.3) is 0 Å². The summed E-state index contributed by atoms with van der Waals surface area (Å²) in [6.45, 7) is 9.30. The van der Waals surface area contributed by atoms with Gasteiger partial charge in [0.1, 0.15) is 5.82 Å². The summed E-state index contributed by atoms with van der Waals surface area (Å²) >= 11 is 0. The van der Waals surface area contributed by atoms with Crippen LogP contribution >= 0.6 is 0 Å². The molecule has 0 aromatic carbocycles. The molecular weight excluding hydrogens is 294 g/mol. The van der Waals surface area contributed by atoms with E-state index in [2.05, 4.69) is 20.1 Å². The van der Waals surface area contributed by atoms with Crippen molar-refractivity contribution in [3.05, 3.63) is 11.8 Å². The molecular formula is C16H25N5O2. The Labute approximate surface area is 137 Å². The number of aromatic nitrogens is 2. The van der Waals surface area contributed by atoms with Crippen LogP contribution in [0.1, 0.15) is 19.0 Å². The number of morpholine rings is 1. The van der Waals surface area contributed by atoms with E-state index >= 15 is 0 Å². The van der Waals surface area contributed by atoms with Crippen molar-refractivity contribution in [3.63, 3.8) is 0 Å². The molecule has 1 atom stereocenters. The summed E-state index contributed by atoms with van der Waals surface area (Å²) in [5, 5.41) is 2.91. The number of nitrogens with zero attached hydrogens (tertiary/aromatic N) is 4. The molecule has 0 spiro atoms. The van der Waals surface area contributed by atoms with Crippen LogP contribution in [0.3, 0.4) is 0 Å². The highest BCUT2D eigenvalue weighted by molar-refractivity contribution is 5.80. The molecule has 2 aliphatic heterocycles. The molecule has 0 bridgehead atoms. The number of nitrogens with one attached hydrogen (secondary N) is 1. The summed E-state index contributed by atoms with van der Waals surface area (Å²) < 4.78 is 5.39. The number of aryl methyl sites for hydroxylation is 1. The molecule has 0 aliphatic carbocycles. The first-order valence-corrected chi connectivity index (χ1v) is 8.38. The lowest BCUT2D eigenvalue weighted by molar-refractivity contribution is -0.124. The third kappa shape index (κ3) is 3.72. The number of carbonyl (C=O) groups is 1. The van der Waals surface area contributed by atoms with Crippen LogP contribution in [-0.2, 0) is 9.53 Å². The van der Waals surface area contributed by atoms with E-state index in [4.69, 9.17) is 9.72 Å². The normalized spacial score (nSPS) is 21.6. The number of amides is 1. The van der Waals surface area contributed by atoms with Gasteiger partial charge in [0.15, 0.2) is 0 Å². The van der Waals surface area contributed by atoms with E-state index < -0.39 is 0 Å². The van der Waals surface area contributed by atoms with Gasteiger partial charge >= 0.3 is 0 Å². The molecule has 23 heavy (non-hydrogen) atoms. The third-order valence-electron chi connectivity index (χ3n) is 4.36. The minimum absolute atomic E-state index is 0.0528. The van der Waals surface area contributed by atoms with E-state index in [1.54, 1.807) is 0 Å². The van der Waals surface area contributed by atoms with Crippen molar-refractivity contribution in [1.82, 2.24) is 15.3 Å². The SMILES string of the molecule is CCNC(=O)[C@H]1CCN(c2cc(C)nc(N3CCOCC3)n2)C1. The molecule has 126 valence electrons. The van der Waals surface area contributed by atoms with Crippen molar-refractivity contribution >= 4 is 17.7 Å². The van der Waals surface area contributed by atoms with Crippen LogP contribution in [0.15, 0.2) is 6.07 Å². The van der Waals surface area contributed by atoms with Crippen molar-refractivity contribution in [2.24, 2.45) is 5.92 Å². The molecule has 2 saturated heterocycles. The summed E-state index contributed by atoms with van der Waals surface area (Å²) in [5.74, 6) is 1.89. The van der Waals surface area contributed by atoms with Gasteiger partial charge in [-0.1, -0.05) is 0 Å². The number of rotatable bonds is 4. The zero-order chi connectivity index (χ0) is 16.2. The molecule has 2 aliphatic rings. The summed E-state index contributed by atoms with van der Waals surface area (Å²) in [7, 11) is 0. The lowest BCUT2D eigenvalue weighted by Gasteiger charge is -2.28. The third-order valence-corrected chi connectivity index (χ3v) is 4.36. The van der Waals surface area contributed by atoms with Gasteiger partial charge in [-0.2, -0.15) is 4.98 Å². The molecule has 0 unspecified atom stereocenters. The molecule has 0 saturated carbocycles. The van der Waals surface area contributed by atoms with Crippen LogP contribution in [0.2, 0.25) is 0 Å². The molecule has 1 N–H and O–H groups in total. The fourth-order valence-corrected chi connectivity index (χ4v) is 3.10. The lowest BCUT2D eigenvalue weighted by atomic mass is 10.1. The topological polar surface area (TPSA) is 70.6 Å². The second-order valence-corrected chi connectivity index (χ2v) is 6.09. The fraction of sp³-hybridized carbons (Fsp3) is 0.688. The number of anilines is 2. The zero-order valence-corrected chi connectivity index (χ0v) is 13.9. The smallest absolute Gasteiger partial charge is 0.227 e. The summed E-state index contributed by atoms with van der Waals surface area (Å²) in [6, 6.07) is 2.00. The largest absolute Gasteiger partial charge is 0.378 e. The maximum atomic E-state index is 12.0. The second-order valence-electron chi connectivity index (χ2n) is 6.09. The quantitative estimate of drug-likeness (QED) is 0.876. The molecule has 7 nitrogen and oxygen atoms in total. The zero-order valence-electron chi connectivity index (χ0n) is 13.9. The molecule has 1 amide bonds. The first-order chi connectivity index (χ1) is 11.2. The Kier molecular flexibility index (Phi) is 4.95. The van der Waals surface area contributed by atoms with Gasteiger partial charge < -0.3 is 19.9 Å². The predicted octanol–water partition coefficient (Wildman–Crippen LogP) is 0.584. The van der Waals surface area contributed by atoms with Crippen molar-refractivity contribution in [2.45, 2.75) is 20.3 Å². The van der Waals surface area contributed by atoms with Crippen molar-refractivity contribution in [2.75, 3.05) is 55.7 Å². The maximum Gasteiger partial charge on any atom is 0.227 e. The highest BCUT2D eigenvalue weighted by Gasteiger charge is 2.29. The first kappa shape index (κ1) is 16.0. The minimum Gasteiger partial charge on any atom is -0.378 e. The van der Waals surface area contributed by atoms with E-state index in [1.165, 1.54) is 0 Å². The molecule has 3 heterocycles. The van der Waals surface area contributed by atoms with Crippen molar-refractivity contribution in [3.8, 4) is 0 Å². The molecule has 0 radical (unpaired) electrons. The van der Waals surface area contributed by atoms with Crippen molar-refractivity contribution < 1.29 is 9.53 Å². The van der Waals surface area contributed by atoms with Crippen LogP contribution in [0.4, 0.5) is 11.8 Å². The van der Waals surface area contributed by atoms with Crippen LogP contribution in [-0.4, -0.2) is 61.8 Å². The van der Waals surface area contributed by atoms with Crippen molar-refractivity contribution in [1.29, 1.82) is 0 Å². The number of carbonyl (C=O) groups excluding carboxylic acids is 1.